The molecular formula is C20H25FN6O2. The topological polar surface area (TPSA) is 101 Å². The number of halogens is 1. The Labute approximate surface area is 168 Å². The van der Waals surface area contributed by atoms with Gasteiger partial charge in [-0.15, -0.1) is 0 Å². The van der Waals surface area contributed by atoms with Gasteiger partial charge >= 0.3 is 0 Å². The summed E-state index contributed by atoms with van der Waals surface area (Å²) >= 11 is 0. The van der Waals surface area contributed by atoms with Crippen LogP contribution in [0.2, 0.25) is 0 Å². The molecule has 29 heavy (non-hydrogen) atoms. The second kappa shape index (κ2) is 9.23. The van der Waals surface area contributed by atoms with Gasteiger partial charge in [0.25, 0.3) is 0 Å². The fourth-order valence-electron chi connectivity index (χ4n) is 3.59. The van der Waals surface area contributed by atoms with Crippen molar-refractivity contribution in [1.29, 1.82) is 0 Å². The second-order valence-electron chi connectivity index (χ2n) is 7.43. The molecule has 4 rings (SSSR count). The molecule has 2 aliphatic heterocycles. The Bertz CT molecular complexity index is 853. The summed E-state index contributed by atoms with van der Waals surface area (Å²) in [5.41, 5.74) is 0.712. The van der Waals surface area contributed by atoms with E-state index in [2.05, 4.69) is 30.9 Å². The van der Waals surface area contributed by atoms with Gasteiger partial charge < -0.3 is 20.7 Å². The number of hydrogen-bond donors (Lipinski definition) is 3. The zero-order valence-electron chi connectivity index (χ0n) is 16.2. The van der Waals surface area contributed by atoms with Gasteiger partial charge in [-0.25, -0.2) is 19.3 Å². The molecule has 3 N–H and O–H groups in total. The highest BCUT2D eigenvalue weighted by molar-refractivity contribution is 5.92. The highest BCUT2D eigenvalue weighted by atomic mass is 19.1. The van der Waals surface area contributed by atoms with E-state index in [0.717, 1.165) is 51.8 Å². The second-order valence-corrected chi connectivity index (χ2v) is 7.43. The Balaban J connectivity index is 1.46. The fourth-order valence-corrected chi connectivity index (χ4v) is 3.59. The van der Waals surface area contributed by atoms with Gasteiger partial charge in [0.15, 0.2) is 5.82 Å². The van der Waals surface area contributed by atoms with Crippen LogP contribution in [0.1, 0.15) is 19.3 Å². The average molecular weight is 400 g/mol. The summed E-state index contributed by atoms with van der Waals surface area (Å²) in [6, 6.07) is 3.16. The highest BCUT2D eigenvalue weighted by Crippen LogP contribution is 2.24. The molecule has 0 bridgehead atoms. The van der Waals surface area contributed by atoms with Gasteiger partial charge in [-0.05, 0) is 43.9 Å². The third-order valence-corrected chi connectivity index (χ3v) is 5.36. The molecule has 2 aliphatic rings. The smallest absolute Gasteiger partial charge is 0.229 e. The maximum absolute atomic E-state index is 14.4. The number of ether oxygens (including phenoxy) is 1. The minimum atomic E-state index is -0.500. The van der Waals surface area contributed by atoms with Gasteiger partial charge in [-0.1, -0.05) is 0 Å². The molecule has 0 spiro atoms. The molecule has 0 saturated carbocycles. The van der Waals surface area contributed by atoms with Crippen molar-refractivity contribution in [3.05, 3.63) is 30.3 Å². The van der Waals surface area contributed by atoms with E-state index in [0.29, 0.717) is 29.9 Å². The first-order chi connectivity index (χ1) is 14.2. The number of carbonyl (C=O) groups excluding carboxylic acids is 1. The standard InChI is InChI=1S/C20H25FN6O2/c21-16-12-24-18(27-19(28)14-1-5-22-11-14)9-15(16)17-2-6-23-20(26-17)25-10-13-3-7-29-8-4-13/h2,6,9,12-14,22H,1,3-5,7-8,10-11H2,(H,23,25,26)(H,24,27,28)/t14-/m1/s1. The van der Waals surface area contributed by atoms with E-state index in [9.17, 15) is 9.18 Å². The minimum Gasteiger partial charge on any atom is -0.381 e. The van der Waals surface area contributed by atoms with Crippen molar-refractivity contribution in [2.24, 2.45) is 11.8 Å². The molecule has 0 unspecified atom stereocenters. The molecule has 2 saturated heterocycles. The van der Waals surface area contributed by atoms with E-state index < -0.39 is 5.82 Å². The molecular weight excluding hydrogens is 375 g/mol. The third kappa shape index (κ3) is 5.04. The first-order valence-electron chi connectivity index (χ1n) is 10.0. The van der Waals surface area contributed by atoms with Crippen LogP contribution in [0.4, 0.5) is 16.2 Å². The summed E-state index contributed by atoms with van der Waals surface area (Å²) in [5.74, 6) is 0.577. The molecule has 0 aromatic carbocycles. The van der Waals surface area contributed by atoms with Crippen LogP contribution in [0.3, 0.4) is 0 Å². The molecule has 9 heteroatoms. The maximum Gasteiger partial charge on any atom is 0.229 e. The largest absolute Gasteiger partial charge is 0.381 e. The lowest BCUT2D eigenvalue weighted by atomic mass is 10.0. The number of pyridine rings is 1. The van der Waals surface area contributed by atoms with Crippen LogP contribution < -0.4 is 16.0 Å². The number of rotatable bonds is 6. The molecule has 2 aromatic rings. The van der Waals surface area contributed by atoms with E-state index in [1.165, 1.54) is 6.07 Å². The lowest BCUT2D eigenvalue weighted by molar-refractivity contribution is -0.119. The Morgan fingerprint density at radius 3 is 2.93 bits per heavy atom. The zero-order chi connectivity index (χ0) is 20.1. The molecule has 1 amide bonds. The molecule has 154 valence electrons. The van der Waals surface area contributed by atoms with Crippen LogP contribution in [0.5, 0.6) is 0 Å². The summed E-state index contributed by atoms with van der Waals surface area (Å²) in [7, 11) is 0. The zero-order valence-corrected chi connectivity index (χ0v) is 16.2. The molecule has 8 nitrogen and oxygen atoms in total. The number of nitrogens with one attached hydrogen (secondary N) is 3. The summed E-state index contributed by atoms with van der Waals surface area (Å²) in [6.45, 7) is 3.78. The molecule has 2 fully saturated rings. The first kappa shape index (κ1) is 19.7. The van der Waals surface area contributed by atoms with Crippen LogP contribution in [0.15, 0.2) is 24.5 Å². The lowest BCUT2D eigenvalue weighted by Gasteiger charge is -2.22. The van der Waals surface area contributed by atoms with Gasteiger partial charge in [0.1, 0.15) is 5.82 Å². The van der Waals surface area contributed by atoms with Gasteiger partial charge in [-0.2, -0.15) is 0 Å². The van der Waals surface area contributed by atoms with Crippen LogP contribution >= 0.6 is 0 Å². The number of aromatic nitrogens is 3. The predicted octanol–water partition coefficient (Wildman–Crippen LogP) is 2.06. The molecule has 4 heterocycles. The molecule has 1 atom stereocenters. The third-order valence-electron chi connectivity index (χ3n) is 5.36. The van der Waals surface area contributed by atoms with Crippen LogP contribution in [0.25, 0.3) is 11.3 Å². The SMILES string of the molecule is O=C(Nc1cc(-c2ccnc(NCC3CCOCC3)n2)c(F)cn1)[C@@H]1CCNC1. The predicted molar refractivity (Wildman–Crippen MR) is 107 cm³/mol. The first-order valence-corrected chi connectivity index (χ1v) is 10.0. The van der Waals surface area contributed by atoms with E-state index in [1.54, 1.807) is 12.3 Å². The van der Waals surface area contributed by atoms with Crippen molar-refractivity contribution in [1.82, 2.24) is 20.3 Å². The number of anilines is 2. The van der Waals surface area contributed by atoms with Crippen molar-refractivity contribution in [2.75, 3.05) is 43.5 Å². The van der Waals surface area contributed by atoms with Crippen LogP contribution in [0, 0.1) is 17.7 Å². The monoisotopic (exact) mass is 400 g/mol. The van der Waals surface area contributed by atoms with Gasteiger partial charge in [0.05, 0.1) is 17.8 Å². The maximum atomic E-state index is 14.4. The Hall–Kier alpha value is -2.65. The Morgan fingerprint density at radius 2 is 2.14 bits per heavy atom. The number of carbonyl (C=O) groups is 1. The van der Waals surface area contributed by atoms with E-state index in [1.807, 2.05) is 0 Å². The Morgan fingerprint density at radius 1 is 1.28 bits per heavy atom. The van der Waals surface area contributed by atoms with E-state index in [-0.39, 0.29) is 17.4 Å². The normalized spacial score (nSPS) is 19.8. The van der Waals surface area contributed by atoms with Gasteiger partial charge in [0, 0.05) is 38.1 Å². The average Bonchev–Trinajstić information content (AvgIpc) is 3.30. The van der Waals surface area contributed by atoms with Crippen molar-refractivity contribution in [2.45, 2.75) is 19.3 Å². The van der Waals surface area contributed by atoms with Crippen molar-refractivity contribution in [3.8, 4) is 11.3 Å². The van der Waals surface area contributed by atoms with Crippen molar-refractivity contribution >= 4 is 17.7 Å². The number of hydrogen-bond acceptors (Lipinski definition) is 7. The van der Waals surface area contributed by atoms with Crippen LogP contribution in [-0.2, 0) is 9.53 Å². The summed E-state index contributed by atoms with van der Waals surface area (Å²) in [6.07, 6.45) is 5.50. The molecule has 0 radical (unpaired) electrons. The van der Waals surface area contributed by atoms with Crippen LogP contribution in [-0.4, -0.2) is 53.7 Å². The molecule has 2 aromatic heterocycles. The Kier molecular flexibility index (Phi) is 6.26. The lowest BCUT2D eigenvalue weighted by Crippen LogP contribution is -2.25. The highest BCUT2D eigenvalue weighted by Gasteiger charge is 2.23. The quantitative estimate of drug-likeness (QED) is 0.682. The summed E-state index contributed by atoms with van der Waals surface area (Å²) < 4.78 is 19.8. The summed E-state index contributed by atoms with van der Waals surface area (Å²) in [4.78, 5) is 25.0. The van der Waals surface area contributed by atoms with E-state index >= 15 is 0 Å². The minimum absolute atomic E-state index is 0.0923. The van der Waals surface area contributed by atoms with Crippen molar-refractivity contribution < 1.29 is 13.9 Å². The van der Waals surface area contributed by atoms with Gasteiger partial charge in [-0.3, -0.25) is 4.79 Å². The number of amides is 1. The summed E-state index contributed by atoms with van der Waals surface area (Å²) in [5, 5.41) is 9.17. The fraction of sp³-hybridized carbons (Fsp3) is 0.500. The number of nitrogens with zero attached hydrogens (tertiary/aromatic N) is 3. The van der Waals surface area contributed by atoms with E-state index in [4.69, 9.17) is 4.74 Å². The van der Waals surface area contributed by atoms with Gasteiger partial charge in [0.2, 0.25) is 11.9 Å². The molecule has 0 aliphatic carbocycles. The van der Waals surface area contributed by atoms with Crippen molar-refractivity contribution in [3.63, 3.8) is 0 Å².